The molecule has 3 aliphatic heterocycles. The minimum Gasteiger partial charge on any atom is -0.464 e. The maximum Gasteiger partial charge on any atom is 0.254 e. The summed E-state index contributed by atoms with van der Waals surface area (Å²) in [6, 6.07) is 8.32. The Morgan fingerprint density at radius 3 is 3.00 bits per heavy atom. The van der Waals surface area contributed by atoms with Crippen LogP contribution in [0.1, 0.15) is 12.0 Å². The van der Waals surface area contributed by atoms with Gasteiger partial charge in [-0.15, -0.1) is 0 Å². The summed E-state index contributed by atoms with van der Waals surface area (Å²) >= 11 is 0. The van der Waals surface area contributed by atoms with Gasteiger partial charge in [0.1, 0.15) is 5.75 Å². The molecule has 0 saturated carbocycles. The van der Waals surface area contributed by atoms with Crippen molar-refractivity contribution < 1.29 is 9.53 Å². The third-order valence-corrected chi connectivity index (χ3v) is 5.03. The Morgan fingerprint density at radius 1 is 1.27 bits per heavy atom. The SMILES string of the molecule is CN1CC[C@@H]2CN(C(=O)C3=Cc4ccccc4OC=C3)C[C@@H]21. The molecule has 0 bridgehead atoms. The summed E-state index contributed by atoms with van der Waals surface area (Å²) in [4.78, 5) is 17.2. The third kappa shape index (κ3) is 2.24. The second kappa shape index (κ2) is 5.29. The number of hydrogen-bond donors (Lipinski definition) is 0. The van der Waals surface area contributed by atoms with E-state index in [4.69, 9.17) is 4.74 Å². The summed E-state index contributed by atoms with van der Waals surface area (Å²) in [5, 5.41) is 0. The van der Waals surface area contributed by atoms with Gasteiger partial charge in [0.25, 0.3) is 5.91 Å². The van der Waals surface area contributed by atoms with Gasteiger partial charge in [0.05, 0.1) is 6.26 Å². The molecule has 1 aromatic carbocycles. The van der Waals surface area contributed by atoms with Crippen molar-refractivity contribution in [3.8, 4) is 5.75 Å². The summed E-state index contributed by atoms with van der Waals surface area (Å²) in [5.41, 5.74) is 1.65. The highest BCUT2D eigenvalue weighted by atomic mass is 16.5. The lowest BCUT2D eigenvalue weighted by molar-refractivity contribution is -0.126. The summed E-state index contributed by atoms with van der Waals surface area (Å²) in [7, 11) is 2.16. The molecule has 3 heterocycles. The van der Waals surface area contributed by atoms with Gasteiger partial charge in [-0.1, -0.05) is 18.2 Å². The van der Waals surface area contributed by atoms with Crippen LogP contribution in [0.15, 0.2) is 42.2 Å². The standard InChI is InChI=1S/C18H20N2O2/c1-19-8-6-15-11-20(12-16(15)19)18(21)14-7-9-22-17-5-3-2-4-13(17)10-14/h2-5,7,9-10,15-16H,6,8,11-12H2,1H3/t15-,16+/m1/s1. The van der Waals surface area contributed by atoms with Gasteiger partial charge in [-0.25, -0.2) is 0 Å². The molecule has 0 radical (unpaired) electrons. The molecule has 22 heavy (non-hydrogen) atoms. The molecule has 4 nitrogen and oxygen atoms in total. The first-order valence-corrected chi connectivity index (χ1v) is 7.86. The van der Waals surface area contributed by atoms with Crippen LogP contribution in [0.4, 0.5) is 0 Å². The molecule has 2 saturated heterocycles. The van der Waals surface area contributed by atoms with Gasteiger partial charge < -0.3 is 14.5 Å². The fourth-order valence-corrected chi connectivity index (χ4v) is 3.76. The number of ether oxygens (including phenoxy) is 1. The molecule has 1 aromatic rings. The molecule has 0 spiro atoms. The highest BCUT2D eigenvalue weighted by Crippen LogP contribution is 2.32. The number of benzene rings is 1. The largest absolute Gasteiger partial charge is 0.464 e. The Hall–Kier alpha value is -2.07. The van der Waals surface area contributed by atoms with E-state index in [-0.39, 0.29) is 5.91 Å². The minimum absolute atomic E-state index is 0.111. The number of para-hydroxylation sites is 1. The fraction of sp³-hybridized carbons (Fsp3) is 0.389. The molecule has 4 heteroatoms. The molecule has 3 aliphatic rings. The quantitative estimate of drug-likeness (QED) is 0.796. The van der Waals surface area contributed by atoms with Crippen LogP contribution in [0.5, 0.6) is 5.75 Å². The van der Waals surface area contributed by atoms with Crippen molar-refractivity contribution in [2.45, 2.75) is 12.5 Å². The molecule has 0 N–H and O–H groups in total. The number of amides is 1. The number of fused-ring (bicyclic) bond motifs is 2. The van der Waals surface area contributed by atoms with Gasteiger partial charge in [-0.2, -0.15) is 0 Å². The summed E-state index contributed by atoms with van der Waals surface area (Å²) in [5.74, 6) is 1.53. The molecule has 1 amide bonds. The zero-order chi connectivity index (χ0) is 15.1. The third-order valence-electron chi connectivity index (χ3n) is 5.03. The molecule has 2 fully saturated rings. The van der Waals surface area contributed by atoms with Crippen LogP contribution in [-0.4, -0.2) is 48.4 Å². The number of likely N-dealkylation sites (tertiary alicyclic amines) is 2. The predicted octanol–water partition coefficient (Wildman–Crippen LogP) is 2.14. The van der Waals surface area contributed by atoms with Crippen LogP contribution in [-0.2, 0) is 4.79 Å². The van der Waals surface area contributed by atoms with Crippen LogP contribution in [0, 0.1) is 5.92 Å². The maximum absolute atomic E-state index is 12.8. The van der Waals surface area contributed by atoms with E-state index in [0.29, 0.717) is 17.5 Å². The zero-order valence-electron chi connectivity index (χ0n) is 12.7. The van der Waals surface area contributed by atoms with E-state index in [9.17, 15) is 4.79 Å². The Bertz CT molecular complexity index is 665. The van der Waals surface area contributed by atoms with E-state index >= 15 is 0 Å². The molecule has 0 unspecified atom stereocenters. The van der Waals surface area contributed by atoms with Crippen LogP contribution < -0.4 is 4.74 Å². The molecule has 0 aliphatic carbocycles. The van der Waals surface area contributed by atoms with Gasteiger partial charge in [0.15, 0.2) is 0 Å². The summed E-state index contributed by atoms with van der Waals surface area (Å²) in [6.45, 7) is 2.87. The number of carbonyl (C=O) groups excluding carboxylic acids is 1. The fourth-order valence-electron chi connectivity index (χ4n) is 3.76. The zero-order valence-corrected chi connectivity index (χ0v) is 12.7. The minimum atomic E-state index is 0.111. The van der Waals surface area contributed by atoms with Crippen molar-refractivity contribution in [2.75, 3.05) is 26.7 Å². The van der Waals surface area contributed by atoms with E-state index in [1.54, 1.807) is 12.3 Å². The molecule has 2 atom stereocenters. The molecule has 114 valence electrons. The van der Waals surface area contributed by atoms with Crippen molar-refractivity contribution in [1.82, 2.24) is 9.80 Å². The maximum atomic E-state index is 12.8. The van der Waals surface area contributed by atoms with Crippen LogP contribution in [0.25, 0.3) is 6.08 Å². The Morgan fingerprint density at radius 2 is 2.14 bits per heavy atom. The van der Waals surface area contributed by atoms with E-state index in [2.05, 4.69) is 11.9 Å². The number of hydrogen-bond acceptors (Lipinski definition) is 3. The van der Waals surface area contributed by atoms with Crippen LogP contribution >= 0.6 is 0 Å². The van der Waals surface area contributed by atoms with Crippen molar-refractivity contribution in [3.63, 3.8) is 0 Å². The molecular weight excluding hydrogens is 276 g/mol. The van der Waals surface area contributed by atoms with Gasteiger partial charge in [0.2, 0.25) is 0 Å². The van der Waals surface area contributed by atoms with Gasteiger partial charge >= 0.3 is 0 Å². The van der Waals surface area contributed by atoms with Crippen LogP contribution in [0.2, 0.25) is 0 Å². The number of rotatable bonds is 1. The average molecular weight is 296 g/mol. The smallest absolute Gasteiger partial charge is 0.254 e. The highest BCUT2D eigenvalue weighted by Gasteiger charge is 2.41. The second-order valence-corrected chi connectivity index (χ2v) is 6.36. The average Bonchev–Trinajstić information content (AvgIpc) is 3.01. The van der Waals surface area contributed by atoms with Crippen LogP contribution in [0.3, 0.4) is 0 Å². The number of likely N-dealkylation sites (N-methyl/N-ethyl adjacent to an activating group) is 1. The monoisotopic (exact) mass is 296 g/mol. The van der Waals surface area contributed by atoms with Crippen molar-refractivity contribution in [2.24, 2.45) is 5.92 Å². The van der Waals surface area contributed by atoms with E-state index in [1.807, 2.05) is 35.2 Å². The number of nitrogens with zero attached hydrogens (tertiary/aromatic N) is 2. The van der Waals surface area contributed by atoms with E-state index in [0.717, 1.165) is 30.9 Å². The lowest BCUT2D eigenvalue weighted by Crippen LogP contribution is -2.35. The van der Waals surface area contributed by atoms with Gasteiger partial charge in [0, 0.05) is 30.3 Å². The first kappa shape index (κ1) is 13.6. The lowest BCUT2D eigenvalue weighted by atomic mass is 10.1. The topological polar surface area (TPSA) is 32.8 Å². The molecule has 0 aromatic heterocycles. The first-order valence-electron chi connectivity index (χ1n) is 7.86. The first-order chi connectivity index (χ1) is 10.7. The highest BCUT2D eigenvalue weighted by molar-refractivity contribution is 6.01. The lowest BCUT2D eigenvalue weighted by Gasteiger charge is -2.21. The van der Waals surface area contributed by atoms with Gasteiger partial charge in [-0.3, -0.25) is 4.79 Å². The van der Waals surface area contributed by atoms with Gasteiger partial charge in [-0.05, 0) is 44.1 Å². The Balaban J connectivity index is 1.57. The molecule has 4 rings (SSSR count). The summed E-state index contributed by atoms with van der Waals surface area (Å²) < 4.78 is 5.57. The number of carbonyl (C=O) groups is 1. The Labute approximate surface area is 130 Å². The second-order valence-electron chi connectivity index (χ2n) is 6.36. The summed E-state index contributed by atoms with van der Waals surface area (Å²) in [6.07, 6.45) is 6.52. The van der Waals surface area contributed by atoms with Crippen molar-refractivity contribution in [3.05, 3.63) is 47.7 Å². The predicted molar refractivity (Wildman–Crippen MR) is 85.3 cm³/mol. The van der Waals surface area contributed by atoms with Crippen molar-refractivity contribution in [1.29, 1.82) is 0 Å². The molecular formula is C18H20N2O2. The van der Waals surface area contributed by atoms with E-state index in [1.165, 1.54) is 6.42 Å². The Kier molecular flexibility index (Phi) is 3.26. The van der Waals surface area contributed by atoms with E-state index < -0.39 is 0 Å². The van der Waals surface area contributed by atoms with Crippen molar-refractivity contribution >= 4 is 12.0 Å². The normalized spacial score (nSPS) is 27.0.